The highest BCUT2D eigenvalue weighted by molar-refractivity contribution is 6.31. The van der Waals surface area contributed by atoms with Crippen LogP contribution >= 0.6 is 11.6 Å². The molecular weight excluding hydrogens is 218 g/mol. The first-order valence-electron chi connectivity index (χ1n) is 4.11. The van der Waals surface area contributed by atoms with Crippen LogP contribution in [0.4, 0.5) is 5.69 Å². The number of hydrogen-bond acceptors (Lipinski definition) is 3. The van der Waals surface area contributed by atoms with Crippen LogP contribution in [-0.4, -0.2) is 18.4 Å². The van der Waals surface area contributed by atoms with Gasteiger partial charge in [0, 0.05) is 16.3 Å². The van der Waals surface area contributed by atoms with Gasteiger partial charge >= 0.3 is 0 Å². The topological polar surface area (TPSA) is 98.2 Å². The average molecular weight is 228 g/mol. The first kappa shape index (κ1) is 11.3. The van der Waals surface area contributed by atoms with E-state index in [4.69, 9.17) is 23.1 Å². The van der Waals surface area contributed by atoms with Gasteiger partial charge in [0.2, 0.25) is 5.91 Å². The van der Waals surface area contributed by atoms with Crippen molar-refractivity contribution in [1.29, 1.82) is 0 Å². The molecule has 5 N–H and O–H groups in total. The minimum Gasteiger partial charge on any atom is -0.399 e. The molecule has 80 valence electrons. The van der Waals surface area contributed by atoms with Gasteiger partial charge in [-0.1, -0.05) is 11.6 Å². The maximum absolute atomic E-state index is 11.4. The molecule has 0 atom stereocenters. The van der Waals surface area contributed by atoms with E-state index in [2.05, 4.69) is 5.32 Å². The lowest BCUT2D eigenvalue weighted by Gasteiger charge is -2.04. The van der Waals surface area contributed by atoms with E-state index in [-0.39, 0.29) is 6.54 Å². The Morgan fingerprint density at radius 2 is 2.00 bits per heavy atom. The van der Waals surface area contributed by atoms with Crippen LogP contribution in [0.25, 0.3) is 0 Å². The Hall–Kier alpha value is -1.75. The lowest BCUT2D eigenvalue weighted by atomic mass is 10.2. The van der Waals surface area contributed by atoms with Gasteiger partial charge in [-0.2, -0.15) is 0 Å². The quantitative estimate of drug-likeness (QED) is 0.641. The molecule has 0 unspecified atom stereocenters. The normalized spacial score (nSPS) is 9.67. The van der Waals surface area contributed by atoms with Gasteiger partial charge in [0.15, 0.2) is 0 Å². The largest absolute Gasteiger partial charge is 0.399 e. The van der Waals surface area contributed by atoms with E-state index in [9.17, 15) is 9.59 Å². The third-order valence-electron chi connectivity index (χ3n) is 1.61. The van der Waals surface area contributed by atoms with Crippen molar-refractivity contribution in [3.05, 3.63) is 28.8 Å². The first-order valence-corrected chi connectivity index (χ1v) is 4.49. The summed E-state index contributed by atoms with van der Waals surface area (Å²) in [6.07, 6.45) is 0. The molecule has 0 radical (unpaired) electrons. The molecule has 5 nitrogen and oxygen atoms in total. The molecule has 0 saturated heterocycles. The number of carbonyl (C=O) groups excluding carboxylic acids is 2. The Labute approximate surface area is 91.4 Å². The molecule has 0 heterocycles. The molecule has 1 rings (SSSR count). The van der Waals surface area contributed by atoms with Gasteiger partial charge in [0.1, 0.15) is 0 Å². The summed E-state index contributed by atoms with van der Waals surface area (Å²) >= 11 is 5.71. The number of halogens is 1. The maximum atomic E-state index is 11.4. The molecular formula is C9H10ClN3O2. The average Bonchev–Trinajstić information content (AvgIpc) is 2.12. The number of nitrogens with one attached hydrogen (secondary N) is 1. The van der Waals surface area contributed by atoms with Crippen molar-refractivity contribution in [2.45, 2.75) is 0 Å². The zero-order valence-electron chi connectivity index (χ0n) is 7.79. The van der Waals surface area contributed by atoms with E-state index in [0.717, 1.165) is 0 Å². The first-order chi connectivity index (χ1) is 6.99. The maximum Gasteiger partial charge on any atom is 0.251 e. The molecule has 1 aromatic carbocycles. The van der Waals surface area contributed by atoms with Crippen LogP contribution in [0.2, 0.25) is 5.02 Å². The smallest absolute Gasteiger partial charge is 0.251 e. The van der Waals surface area contributed by atoms with Crippen molar-refractivity contribution in [2.24, 2.45) is 5.73 Å². The number of anilines is 1. The highest BCUT2D eigenvalue weighted by Gasteiger charge is 2.07. The number of primary amides is 1. The minimum atomic E-state index is -0.613. The fraction of sp³-hybridized carbons (Fsp3) is 0.111. The van der Waals surface area contributed by atoms with Crippen molar-refractivity contribution in [1.82, 2.24) is 5.32 Å². The molecule has 0 aliphatic carbocycles. The molecule has 1 aromatic rings. The zero-order valence-corrected chi connectivity index (χ0v) is 8.54. The Kier molecular flexibility index (Phi) is 3.51. The molecule has 15 heavy (non-hydrogen) atoms. The minimum absolute atomic E-state index is 0.217. The van der Waals surface area contributed by atoms with Crippen LogP contribution in [0, 0.1) is 0 Å². The highest BCUT2D eigenvalue weighted by Crippen LogP contribution is 2.16. The van der Waals surface area contributed by atoms with Crippen molar-refractivity contribution >= 4 is 29.1 Å². The summed E-state index contributed by atoms with van der Waals surface area (Å²) < 4.78 is 0. The lowest BCUT2D eigenvalue weighted by Crippen LogP contribution is -2.33. The van der Waals surface area contributed by atoms with E-state index >= 15 is 0 Å². The predicted octanol–water partition coefficient (Wildman–Crippen LogP) is 0.137. The molecule has 0 spiro atoms. The van der Waals surface area contributed by atoms with Gasteiger partial charge in [-0.3, -0.25) is 9.59 Å². The number of nitrogens with two attached hydrogens (primary N) is 2. The third-order valence-corrected chi connectivity index (χ3v) is 1.82. The van der Waals surface area contributed by atoms with Gasteiger partial charge in [0.25, 0.3) is 5.91 Å². The number of carbonyl (C=O) groups is 2. The molecule has 0 aliphatic heterocycles. The number of nitrogen functional groups attached to an aromatic ring is 1. The lowest BCUT2D eigenvalue weighted by molar-refractivity contribution is -0.117. The molecule has 0 bridgehead atoms. The number of benzene rings is 1. The van der Waals surface area contributed by atoms with Crippen molar-refractivity contribution in [3.63, 3.8) is 0 Å². The Morgan fingerprint density at radius 1 is 1.33 bits per heavy atom. The van der Waals surface area contributed by atoms with Gasteiger partial charge in [-0.25, -0.2) is 0 Å². The standard InChI is InChI=1S/C9H10ClN3O2/c10-6-1-5(2-7(11)3-6)9(15)13-4-8(12)14/h1-3H,4,11H2,(H2,12,14)(H,13,15). The van der Waals surface area contributed by atoms with E-state index in [1.165, 1.54) is 18.2 Å². The van der Waals surface area contributed by atoms with E-state index in [1.807, 2.05) is 0 Å². The number of rotatable bonds is 3. The fourth-order valence-corrected chi connectivity index (χ4v) is 1.26. The Morgan fingerprint density at radius 3 is 2.53 bits per heavy atom. The zero-order chi connectivity index (χ0) is 11.4. The van der Waals surface area contributed by atoms with E-state index < -0.39 is 11.8 Å². The van der Waals surface area contributed by atoms with Gasteiger partial charge in [0.05, 0.1) is 6.54 Å². The van der Waals surface area contributed by atoms with Gasteiger partial charge in [-0.05, 0) is 18.2 Å². The van der Waals surface area contributed by atoms with Crippen LogP contribution in [0.3, 0.4) is 0 Å². The molecule has 0 saturated carbocycles. The van der Waals surface area contributed by atoms with Gasteiger partial charge < -0.3 is 16.8 Å². The Balaban J connectivity index is 2.77. The summed E-state index contributed by atoms with van der Waals surface area (Å²) in [6, 6.07) is 4.43. The summed E-state index contributed by atoms with van der Waals surface area (Å²) in [5, 5.41) is 2.69. The second-order valence-electron chi connectivity index (χ2n) is 2.92. The molecule has 0 fully saturated rings. The van der Waals surface area contributed by atoms with Crippen molar-refractivity contribution in [3.8, 4) is 0 Å². The van der Waals surface area contributed by atoms with Crippen LogP contribution < -0.4 is 16.8 Å². The molecule has 0 aromatic heterocycles. The summed E-state index contributed by atoms with van der Waals surface area (Å²) in [7, 11) is 0. The number of hydrogen-bond donors (Lipinski definition) is 3. The number of amides is 2. The SMILES string of the molecule is NC(=O)CNC(=O)c1cc(N)cc(Cl)c1. The van der Waals surface area contributed by atoms with Gasteiger partial charge in [-0.15, -0.1) is 0 Å². The highest BCUT2D eigenvalue weighted by atomic mass is 35.5. The second kappa shape index (κ2) is 4.65. The monoisotopic (exact) mass is 227 g/mol. The molecule has 2 amide bonds. The van der Waals surface area contributed by atoms with Crippen LogP contribution in [0.15, 0.2) is 18.2 Å². The molecule has 0 aliphatic rings. The summed E-state index contributed by atoms with van der Waals surface area (Å²) in [5.41, 5.74) is 11.0. The van der Waals surface area contributed by atoms with Crippen molar-refractivity contribution in [2.75, 3.05) is 12.3 Å². The van der Waals surface area contributed by atoms with Crippen LogP contribution in [-0.2, 0) is 4.79 Å². The molecule has 6 heteroatoms. The van der Waals surface area contributed by atoms with Crippen molar-refractivity contribution < 1.29 is 9.59 Å². The summed E-state index contributed by atoms with van der Waals surface area (Å²) in [6.45, 7) is -0.217. The van der Waals surface area contributed by atoms with Crippen LogP contribution in [0.1, 0.15) is 10.4 Å². The summed E-state index contributed by atoms with van der Waals surface area (Å²) in [4.78, 5) is 21.8. The Bertz CT molecular complexity index is 386. The fourth-order valence-electron chi connectivity index (χ4n) is 1.01. The van der Waals surface area contributed by atoms with E-state index in [0.29, 0.717) is 16.3 Å². The van der Waals surface area contributed by atoms with Crippen LogP contribution in [0.5, 0.6) is 0 Å². The van der Waals surface area contributed by atoms with E-state index in [1.54, 1.807) is 0 Å². The third kappa shape index (κ3) is 3.47. The second-order valence-corrected chi connectivity index (χ2v) is 3.36. The summed E-state index contributed by atoms with van der Waals surface area (Å²) in [5.74, 6) is -1.05. The predicted molar refractivity (Wildman–Crippen MR) is 57.4 cm³/mol.